The maximum absolute atomic E-state index is 12.6. The van der Waals surface area contributed by atoms with Gasteiger partial charge in [0.2, 0.25) is 5.95 Å². The predicted molar refractivity (Wildman–Crippen MR) is 139 cm³/mol. The van der Waals surface area contributed by atoms with E-state index in [1.54, 1.807) is 0 Å². The summed E-state index contributed by atoms with van der Waals surface area (Å²) in [6.07, 6.45) is -2.53. The number of imidazole rings is 1. The Labute approximate surface area is 218 Å². The van der Waals surface area contributed by atoms with Gasteiger partial charge in [-0.05, 0) is 77.8 Å². The van der Waals surface area contributed by atoms with Crippen molar-refractivity contribution in [3.05, 3.63) is 83.4 Å². The summed E-state index contributed by atoms with van der Waals surface area (Å²) in [7, 11) is 0. The number of fused-ring (bicyclic) bond motifs is 2. The molecule has 0 fully saturated rings. The molecule has 0 amide bonds. The second-order valence-corrected chi connectivity index (χ2v) is 10.5. The van der Waals surface area contributed by atoms with Crippen LogP contribution in [-0.4, -0.2) is 27.0 Å². The topological polar surface area (TPSA) is 76.4 Å². The zero-order chi connectivity index (χ0) is 27.1. The van der Waals surface area contributed by atoms with Gasteiger partial charge < -0.3 is 19.7 Å². The third-order valence-electron chi connectivity index (χ3n) is 6.87. The van der Waals surface area contributed by atoms with Crippen molar-refractivity contribution in [2.24, 2.45) is 5.41 Å². The van der Waals surface area contributed by atoms with Crippen LogP contribution >= 0.6 is 0 Å². The summed E-state index contributed by atoms with van der Waals surface area (Å²) in [6, 6.07) is 19.7. The highest BCUT2D eigenvalue weighted by atomic mass is 19.4. The van der Waals surface area contributed by atoms with Gasteiger partial charge in [-0.1, -0.05) is 44.2 Å². The molecule has 5 rings (SSSR count). The van der Waals surface area contributed by atoms with Crippen LogP contribution in [0.5, 0.6) is 5.75 Å². The van der Waals surface area contributed by atoms with Gasteiger partial charge in [0.05, 0.1) is 17.1 Å². The number of alkyl halides is 3. The Morgan fingerprint density at radius 1 is 1.13 bits per heavy atom. The largest absolute Gasteiger partial charge is 0.573 e. The lowest BCUT2D eigenvalue weighted by Crippen LogP contribution is -2.29. The number of carboxylic acids is 1. The summed E-state index contributed by atoms with van der Waals surface area (Å²) < 4.78 is 43.9. The Bertz CT molecular complexity index is 1480. The summed E-state index contributed by atoms with van der Waals surface area (Å²) in [5.41, 5.74) is 5.55. The number of anilines is 2. The smallest absolute Gasteiger partial charge is 0.481 e. The molecule has 198 valence electrons. The van der Waals surface area contributed by atoms with Crippen LogP contribution < -0.4 is 10.1 Å². The van der Waals surface area contributed by atoms with E-state index in [1.807, 2.05) is 30.3 Å². The third-order valence-corrected chi connectivity index (χ3v) is 6.87. The quantitative estimate of drug-likeness (QED) is 0.267. The number of hydrogen-bond acceptors (Lipinski definition) is 4. The van der Waals surface area contributed by atoms with Crippen LogP contribution in [0, 0.1) is 5.41 Å². The maximum Gasteiger partial charge on any atom is 0.573 e. The van der Waals surface area contributed by atoms with Crippen molar-refractivity contribution in [1.29, 1.82) is 0 Å². The Hall–Kier alpha value is -4.01. The molecule has 0 saturated carbocycles. The van der Waals surface area contributed by atoms with Gasteiger partial charge in [0.25, 0.3) is 0 Å². The lowest BCUT2D eigenvalue weighted by atomic mass is 9.72. The number of halogens is 3. The summed E-state index contributed by atoms with van der Waals surface area (Å²) in [5, 5.41) is 12.4. The van der Waals surface area contributed by atoms with Gasteiger partial charge in [0.15, 0.2) is 0 Å². The fraction of sp³-hybridized carbons (Fsp3) is 0.310. The molecule has 9 heteroatoms. The minimum absolute atomic E-state index is 0.0217. The first-order valence-corrected chi connectivity index (χ1v) is 12.4. The molecule has 0 saturated heterocycles. The monoisotopic (exact) mass is 523 g/mol. The zero-order valence-corrected chi connectivity index (χ0v) is 21.0. The molecule has 1 aromatic heterocycles. The van der Waals surface area contributed by atoms with Gasteiger partial charge in [0, 0.05) is 12.1 Å². The van der Waals surface area contributed by atoms with Gasteiger partial charge in [-0.2, -0.15) is 0 Å². The number of ether oxygens (including phenoxy) is 1. The van der Waals surface area contributed by atoms with Gasteiger partial charge in [-0.3, -0.25) is 4.79 Å². The molecule has 0 unspecified atom stereocenters. The van der Waals surface area contributed by atoms with E-state index in [0.29, 0.717) is 23.6 Å². The van der Waals surface area contributed by atoms with E-state index in [0.717, 1.165) is 23.9 Å². The molecular formula is C29H28F3N3O3. The predicted octanol–water partition coefficient (Wildman–Crippen LogP) is 7.26. The van der Waals surface area contributed by atoms with Crippen molar-refractivity contribution in [3.63, 3.8) is 0 Å². The first-order chi connectivity index (χ1) is 18.0. The van der Waals surface area contributed by atoms with E-state index >= 15 is 0 Å². The van der Waals surface area contributed by atoms with Crippen LogP contribution in [-0.2, 0) is 17.6 Å². The van der Waals surface area contributed by atoms with Gasteiger partial charge in [-0.25, -0.2) is 4.98 Å². The summed E-state index contributed by atoms with van der Waals surface area (Å²) in [4.78, 5) is 15.9. The molecule has 1 heterocycles. The molecule has 0 aliphatic heterocycles. The van der Waals surface area contributed by atoms with E-state index in [9.17, 15) is 18.0 Å². The van der Waals surface area contributed by atoms with E-state index in [4.69, 9.17) is 10.1 Å². The summed E-state index contributed by atoms with van der Waals surface area (Å²) in [5.74, 6) is -0.614. The summed E-state index contributed by atoms with van der Waals surface area (Å²) in [6.45, 7) is 4.48. The fourth-order valence-electron chi connectivity index (χ4n) is 5.30. The number of nitrogens with one attached hydrogen (secondary N) is 1. The number of aliphatic carboxylic acids is 1. The second kappa shape index (κ2) is 9.70. The number of hydrogen-bond donors (Lipinski definition) is 2. The van der Waals surface area contributed by atoms with Crippen molar-refractivity contribution in [2.75, 3.05) is 5.32 Å². The average molecular weight is 524 g/mol. The molecule has 2 N–H and O–H groups in total. The van der Waals surface area contributed by atoms with E-state index < -0.39 is 12.3 Å². The normalized spacial score (nSPS) is 16.7. The highest BCUT2D eigenvalue weighted by Crippen LogP contribution is 2.45. The number of carbonyl (C=O) groups is 1. The molecular weight excluding hydrogens is 495 g/mol. The number of aromatic nitrogens is 2. The molecule has 1 aliphatic carbocycles. The van der Waals surface area contributed by atoms with Crippen molar-refractivity contribution in [2.45, 2.75) is 51.9 Å². The first-order valence-electron chi connectivity index (χ1n) is 12.4. The van der Waals surface area contributed by atoms with E-state index in [2.05, 4.69) is 40.6 Å². The van der Waals surface area contributed by atoms with Crippen molar-refractivity contribution in [1.82, 2.24) is 9.55 Å². The van der Waals surface area contributed by atoms with Crippen LogP contribution in [0.15, 0.2) is 66.7 Å². The van der Waals surface area contributed by atoms with Crippen LogP contribution in [0.2, 0.25) is 0 Å². The highest BCUT2D eigenvalue weighted by Gasteiger charge is 2.35. The summed E-state index contributed by atoms with van der Waals surface area (Å²) >= 11 is 0. The molecule has 38 heavy (non-hydrogen) atoms. The minimum Gasteiger partial charge on any atom is -0.481 e. The van der Waals surface area contributed by atoms with Crippen LogP contribution in [0.1, 0.15) is 49.4 Å². The number of nitrogens with zero attached hydrogens (tertiary/aromatic N) is 2. The molecule has 1 aliphatic rings. The minimum atomic E-state index is -4.76. The Morgan fingerprint density at radius 2 is 1.87 bits per heavy atom. The third kappa shape index (κ3) is 5.61. The van der Waals surface area contributed by atoms with Crippen molar-refractivity contribution in [3.8, 4) is 5.75 Å². The van der Waals surface area contributed by atoms with Crippen LogP contribution in [0.4, 0.5) is 24.8 Å². The van der Waals surface area contributed by atoms with Gasteiger partial charge >= 0.3 is 12.3 Å². The van der Waals surface area contributed by atoms with E-state index in [1.165, 1.54) is 35.4 Å². The molecule has 0 bridgehead atoms. The molecule has 1 atom stereocenters. The number of carboxylic acid groups (broad SMARTS) is 1. The van der Waals surface area contributed by atoms with Gasteiger partial charge in [0.1, 0.15) is 5.75 Å². The molecule has 0 spiro atoms. The average Bonchev–Trinajstić information content (AvgIpc) is 3.18. The number of aryl methyl sites for hydroxylation is 1. The lowest BCUT2D eigenvalue weighted by Gasteiger charge is -2.38. The Kier molecular flexibility index (Phi) is 6.54. The van der Waals surface area contributed by atoms with Crippen LogP contribution in [0.25, 0.3) is 11.0 Å². The lowest BCUT2D eigenvalue weighted by molar-refractivity contribution is -0.274. The fourth-order valence-corrected chi connectivity index (χ4v) is 5.30. The van der Waals surface area contributed by atoms with E-state index in [-0.39, 0.29) is 23.6 Å². The van der Waals surface area contributed by atoms with Gasteiger partial charge in [-0.15, -0.1) is 13.2 Å². The molecule has 6 nitrogen and oxygen atoms in total. The van der Waals surface area contributed by atoms with Crippen LogP contribution in [0.3, 0.4) is 0 Å². The molecule has 0 radical (unpaired) electrons. The Balaban J connectivity index is 1.58. The zero-order valence-electron chi connectivity index (χ0n) is 21.0. The molecule has 3 aromatic carbocycles. The highest BCUT2D eigenvalue weighted by molar-refractivity contribution is 5.81. The second-order valence-electron chi connectivity index (χ2n) is 10.5. The standard InChI is InChI=1S/C29H28F3N3O3/c1-28(2)16-19-5-3-4-6-22(19)25(17-28)35-24-13-7-18(8-14-26(36)37)15-23(24)34-27(35)33-20-9-11-21(12-10-20)38-29(30,31)32/h3-7,9-13,15,25H,8,14,16-17H2,1-2H3,(H,33,34)(H,36,37)/t25-/m1/s1. The van der Waals surface area contributed by atoms with Crippen molar-refractivity contribution < 1.29 is 27.8 Å². The number of rotatable bonds is 7. The first kappa shape index (κ1) is 25.6. The molecule has 4 aromatic rings. The Morgan fingerprint density at radius 3 is 2.58 bits per heavy atom. The maximum atomic E-state index is 12.6. The number of benzene rings is 3. The van der Waals surface area contributed by atoms with Crippen molar-refractivity contribution >= 4 is 28.6 Å². The SMILES string of the molecule is CC1(C)Cc2ccccc2[C@H](n2c(Nc3ccc(OC(F)(F)F)cc3)nc3cc(CCC(=O)O)ccc32)C1.